The average Bonchev–Trinajstić information content (AvgIpc) is 2.74. The molecule has 0 saturated carbocycles. The van der Waals surface area contributed by atoms with Crippen LogP contribution in [-0.2, 0) is 13.5 Å². The zero-order chi connectivity index (χ0) is 13.8. The fraction of sp³-hybridized carbons (Fsp3) is 0.429. The highest BCUT2D eigenvalue weighted by molar-refractivity contribution is 5.30. The Morgan fingerprint density at radius 3 is 2.79 bits per heavy atom. The maximum Gasteiger partial charge on any atom is 0.123 e. The van der Waals surface area contributed by atoms with Gasteiger partial charge in [0.2, 0.25) is 0 Å². The van der Waals surface area contributed by atoms with Crippen molar-refractivity contribution in [2.45, 2.75) is 26.3 Å². The van der Waals surface area contributed by atoms with Crippen LogP contribution >= 0.6 is 0 Å². The molecule has 1 atom stereocenters. The van der Waals surface area contributed by atoms with Crippen LogP contribution in [0.3, 0.4) is 0 Å². The number of nitrogens with zero attached hydrogens (tertiary/aromatic N) is 3. The van der Waals surface area contributed by atoms with Crippen LogP contribution in [0.25, 0.3) is 0 Å². The summed E-state index contributed by atoms with van der Waals surface area (Å²) in [4.78, 5) is 0. The number of hydrogen-bond donors (Lipinski definition) is 1. The summed E-state index contributed by atoms with van der Waals surface area (Å²) in [7, 11) is 1.85. The molecule has 2 aromatic rings. The van der Waals surface area contributed by atoms with Crippen molar-refractivity contribution in [1.82, 2.24) is 20.3 Å². The molecule has 0 aliphatic carbocycles. The van der Waals surface area contributed by atoms with Crippen molar-refractivity contribution in [2.75, 3.05) is 6.54 Å². The van der Waals surface area contributed by atoms with E-state index in [-0.39, 0.29) is 11.9 Å². The van der Waals surface area contributed by atoms with Gasteiger partial charge in [-0.25, -0.2) is 4.39 Å². The number of rotatable bonds is 5. The van der Waals surface area contributed by atoms with Crippen molar-refractivity contribution in [1.29, 1.82) is 0 Å². The molecule has 4 nitrogen and oxygen atoms in total. The van der Waals surface area contributed by atoms with Crippen molar-refractivity contribution < 1.29 is 4.39 Å². The second-order valence-corrected chi connectivity index (χ2v) is 4.70. The summed E-state index contributed by atoms with van der Waals surface area (Å²) in [5.41, 5.74) is 2.99. The highest BCUT2D eigenvalue weighted by Gasteiger charge is 2.15. The molecule has 5 heteroatoms. The topological polar surface area (TPSA) is 42.7 Å². The van der Waals surface area contributed by atoms with Gasteiger partial charge in [-0.15, -0.1) is 5.10 Å². The molecule has 102 valence electrons. The normalized spacial score (nSPS) is 12.6. The van der Waals surface area contributed by atoms with Crippen molar-refractivity contribution in [2.24, 2.45) is 7.05 Å². The van der Waals surface area contributed by atoms with Crippen molar-refractivity contribution in [3.05, 3.63) is 47.0 Å². The van der Waals surface area contributed by atoms with Crippen molar-refractivity contribution in [3.63, 3.8) is 0 Å². The van der Waals surface area contributed by atoms with E-state index in [9.17, 15) is 4.39 Å². The number of halogens is 1. The summed E-state index contributed by atoms with van der Waals surface area (Å²) < 4.78 is 14.9. The number of benzene rings is 1. The molecule has 1 aromatic carbocycles. The quantitative estimate of drug-likeness (QED) is 0.898. The van der Waals surface area contributed by atoms with E-state index in [0.717, 1.165) is 29.8 Å². The van der Waals surface area contributed by atoms with Crippen LogP contribution in [0.5, 0.6) is 0 Å². The first kappa shape index (κ1) is 13.7. The third-order valence-corrected chi connectivity index (χ3v) is 3.12. The van der Waals surface area contributed by atoms with Gasteiger partial charge in [-0.1, -0.05) is 18.2 Å². The van der Waals surface area contributed by atoms with Crippen LogP contribution in [0.15, 0.2) is 24.4 Å². The lowest BCUT2D eigenvalue weighted by atomic mass is 9.97. The zero-order valence-electron chi connectivity index (χ0n) is 11.5. The first-order valence-electron chi connectivity index (χ1n) is 6.44. The standard InChI is InChI=1S/C14H19FN4/c1-4-16-14(8-12-9-19(3)18-17-12)13-6-5-11(15)7-10(13)2/h5-7,9,14,16H,4,8H2,1-3H3. The Morgan fingerprint density at radius 1 is 1.42 bits per heavy atom. The van der Waals surface area contributed by atoms with Crippen LogP contribution in [0, 0.1) is 12.7 Å². The summed E-state index contributed by atoms with van der Waals surface area (Å²) in [6.07, 6.45) is 2.65. The zero-order valence-corrected chi connectivity index (χ0v) is 11.5. The third kappa shape index (κ3) is 3.38. The second-order valence-electron chi connectivity index (χ2n) is 4.70. The molecule has 0 spiro atoms. The molecule has 1 heterocycles. The highest BCUT2D eigenvalue weighted by Crippen LogP contribution is 2.21. The maximum atomic E-state index is 13.2. The lowest BCUT2D eigenvalue weighted by Crippen LogP contribution is -2.24. The first-order chi connectivity index (χ1) is 9.10. The fourth-order valence-corrected chi connectivity index (χ4v) is 2.27. The molecule has 0 aliphatic rings. The lowest BCUT2D eigenvalue weighted by molar-refractivity contribution is 0.538. The molecule has 0 fully saturated rings. The van der Waals surface area contributed by atoms with E-state index in [1.165, 1.54) is 6.07 Å². The molecule has 0 aliphatic heterocycles. The second kappa shape index (κ2) is 5.93. The summed E-state index contributed by atoms with van der Waals surface area (Å²) in [5, 5.41) is 11.5. The SMILES string of the molecule is CCNC(Cc1cn(C)nn1)c1ccc(F)cc1C. The largest absolute Gasteiger partial charge is 0.310 e. The monoisotopic (exact) mass is 262 g/mol. The van der Waals surface area contributed by atoms with E-state index in [0.29, 0.717) is 0 Å². The van der Waals surface area contributed by atoms with Crippen LogP contribution < -0.4 is 5.32 Å². The van der Waals surface area contributed by atoms with Gasteiger partial charge in [0.15, 0.2) is 0 Å². The van der Waals surface area contributed by atoms with Gasteiger partial charge in [-0.05, 0) is 36.7 Å². The fourth-order valence-electron chi connectivity index (χ4n) is 2.27. The van der Waals surface area contributed by atoms with E-state index in [2.05, 4.69) is 22.6 Å². The third-order valence-electron chi connectivity index (χ3n) is 3.12. The Morgan fingerprint density at radius 2 is 2.21 bits per heavy atom. The smallest absolute Gasteiger partial charge is 0.123 e. The van der Waals surface area contributed by atoms with Crippen LogP contribution in [0.4, 0.5) is 4.39 Å². The van der Waals surface area contributed by atoms with Crippen LogP contribution in [0.1, 0.15) is 29.8 Å². The van der Waals surface area contributed by atoms with Gasteiger partial charge in [0.05, 0.1) is 5.69 Å². The van der Waals surface area contributed by atoms with E-state index < -0.39 is 0 Å². The summed E-state index contributed by atoms with van der Waals surface area (Å²) in [5.74, 6) is -0.198. The van der Waals surface area contributed by atoms with Gasteiger partial charge < -0.3 is 5.32 Å². The molecule has 19 heavy (non-hydrogen) atoms. The van der Waals surface area contributed by atoms with Gasteiger partial charge in [-0.3, -0.25) is 4.68 Å². The van der Waals surface area contributed by atoms with E-state index in [1.807, 2.05) is 26.2 Å². The minimum atomic E-state index is -0.198. The predicted molar refractivity (Wildman–Crippen MR) is 72.3 cm³/mol. The molecule has 0 radical (unpaired) electrons. The average molecular weight is 262 g/mol. The minimum Gasteiger partial charge on any atom is -0.310 e. The molecule has 1 unspecified atom stereocenters. The summed E-state index contributed by atoms with van der Waals surface area (Å²) in [6.45, 7) is 4.84. The Hall–Kier alpha value is -1.75. The van der Waals surface area contributed by atoms with Gasteiger partial charge in [0.1, 0.15) is 5.82 Å². The van der Waals surface area contributed by atoms with Gasteiger partial charge in [0, 0.05) is 25.7 Å². The summed E-state index contributed by atoms with van der Waals surface area (Å²) in [6, 6.07) is 5.04. The Labute approximate surface area is 112 Å². The van der Waals surface area contributed by atoms with Crippen molar-refractivity contribution in [3.8, 4) is 0 Å². The minimum absolute atomic E-state index is 0.127. The van der Waals surface area contributed by atoms with Crippen LogP contribution in [-0.4, -0.2) is 21.5 Å². The van der Waals surface area contributed by atoms with E-state index >= 15 is 0 Å². The first-order valence-corrected chi connectivity index (χ1v) is 6.44. The number of aromatic nitrogens is 3. The van der Waals surface area contributed by atoms with E-state index in [4.69, 9.17) is 0 Å². The number of aryl methyl sites for hydroxylation is 2. The van der Waals surface area contributed by atoms with Crippen LogP contribution in [0.2, 0.25) is 0 Å². The number of hydrogen-bond acceptors (Lipinski definition) is 3. The highest BCUT2D eigenvalue weighted by atomic mass is 19.1. The Bertz CT molecular complexity index is 550. The molecule has 0 bridgehead atoms. The summed E-state index contributed by atoms with van der Waals surface area (Å²) >= 11 is 0. The molecule has 0 amide bonds. The molecular formula is C14H19FN4. The molecule has 0 saturated heterocycles. The molecule has 2 rings (SSSR count). The molecular weight excluding hydrogens is 243 g/mol. The van der Waals surface area contributed by atoms with Gasteiger partial charge >= 0.3 is 0 Å². The number of likely N-dealkylation sites (N-methyl/N-ethyl adjacent to an activating group) is 1. The number of nitrogens with one attached hydrogen (secondary N) is 1. The predicted octanol–water partition coefficient (Wildman–Crippen LogP) is 2.16. The van der Waals surface area contributed by atoms with Gasteiger partial charge in [-0.2, -0.15) is 0 Å². The maximum absolute atomic E-state index is 13.2. The van der Waals surface area contributed by atoms with E-state index in [1.54, 1.807) is 10.7 Å². The van der Waals surface area contributed by atoms with Crippen molar-refractivity contribution >= 4 is 0 Å². The van der Waals surface area contributed by atoms with Gasteiger partial charge in [0.25, 0.3) is 0 Å². The molecule has 1 aromatic heterocycles. The molecule has 1 N–H and O–H groups in total. The Kier molecular flexibility index (Phi) is 4.27. The Balaban J connectivity index is 2.23. The lowest BCUT2D eigenvalue weighted by Gasteiger charge is -2.19.